The molecule has 0 radical (unpaired) electrons. The number of carbonyl (C=O) groups excluding carboxylic acids is 1. The highest BCUT2D eigenvalue weighted by atomic mass is 16.5. The Balaban J connectivity index is 1.34. The lowest BCUT2D eigenvalue weighted by molar-refractivity contribution is -0.139. The van der Waals surface area contributed by atoms with Crippen molar-refractivity contribution in [2.75, 3.05) is 20.1 Å². The molecule has 1 amide bonds. The van der Waals surface area contributed by atoms with Crippen LogP contribution in [0.5, 0.6) is 0 Å². The summed E-state index contributed by atoms with van der Waals surface area (Å²) in [5, 5.41) is 14.5. The van der Waals surface area contributed by atoms with Crippen LogP contribution in [-0.4, -0.2) is 54.3 Å². The van der Waals surface area contributed by atoms with Gasteiger partial charge in [0.05, 0.1) is 24.4 Å². The van der Waals surface area contributed by atoms with E-state index in [-0.39, 0.29) is 41.6 Å². The maximum Gasteiger partial charge on any atom is 0.237 e. The summed E-state index contributed by atoms with van der Waals surface area (Å²) in [5.74, 6) is 0.291. The van der Waals surface area contributed by atoms with Gasteiger partial charge in [0.1, 0.15) is 0 Å². The fourth-order valence-electron chi connectivity index (χ4n) is 6.51. The van der Waals surface area contributed by atoms with E-state index in [1.54, 1.807) is 0 Å². The Morgan fingerprint density at radius 2 is 1.76 bits per heavy atom. The van der Waals surface area contributed by atoms with E-state index in [0.717, 1.165) is 50.6 Å². The molecule has 1 saturated carbocycles. The van der Waals surface area contributed by atoms with Crippen LogP contribution in [0.2, 0.25) is 0 Å². The number of aliphatic hydroxyl groups is 1. The standard InChI is InChI=1S/C29H38N2O3/c1-31-18-8-13-24(31)28(33)30-20-29(22-11-6-3-7-12-22)16-14-23-25(32)19-27(34-26(23)15-17-29)21-9-4-2-5-10-21/h2-7,9-12,23-27,32H,8,13-20H2,1H3,(H,30,33)/t23-,24?,25+,26+,27+,29+/m1/s1. The fraction of sp³-hybridized carbons (Fsp3) is 0.552. The summed E-state index contributed by atoms with van der Waals surface area (Å²) in [7, 11) is 2.04. The average Bonchev–Trinajstić information content (AvgIpc) is 3.21. The van der Waals surface area contributed by atoms with Crippen molar-refractivity contribution in [1.29, 1.82) is 0 Å². The molecule has 3 aliphatic rings. The quantitative estimate of drug-likeness (QED) is 0.699. The number of rotatable bonds is 5. The molecule has 5 nitrogen and oxygen atoms in total. The van der Waals surface area contributed by atoms with Crippen molar-refractivity contribution in [2.45, 2.75) is 74.7 Å². The maximum absolute atomic E-state index is 13.0. The second-order valence-corrected chi connectivity index (χ2v) is 10.6. The normalized spacial score (nSPS) is 34.2. The van der Waals surface area contributed by atoms with E-state index < -0.39 is 0 Å². The smallest absolute Gasteiger partial charge is 0.237 e. The molecule has 5 heteroatoms. The summed E-state index contributed by atoms with van der Waals surface area (Å²) in [6.45, 7) is 1.63. The van der Waals surface area contributed by atoms with Crippen molar-refractivity contribution < 1.29 is 14.6 Å². The van der Waals surface area contributed by atoms with Crippen LogP contribution in [0.15, 0.2) is 60.7 Å². The first kappa shape index (κ1) is 23.5. The zero-order chi connectivity index (χ0) is 23.5. The van der Waals surface area contributed by atoms with Gasteiger partial charge in [0.15, 0.2) is 0 Å². The molecule has 2 aliphatic heterocycles. The van der Waals surface area contributed by atoms with Gasteiger partial charge >= 0.3 is 0 Å². The number of nitrogens with zero attached hydrogens (tertiary/aromatic N) is 1. The third kappa shape index (κ3) is 4.79. The molecule has 2 heterocycles. The van der Waals surface area contributed by atoms with Gasteiger partial charge in [0.25, 0.3) is 0 Å². The monoisotopic (exact) mass is 462 g/mol. The number of likely N-dealkylation sites (tertiary alicyclic amines) is 1. The first-order chi connectivity index (χ1) is 16.6. The Labute approximate surface area is 203 Å². The summed E-state index contributed by atoms with van der Waals surface area (Å²) < 4.78 is 6.62. The Morgan fingerprint density at radius 3 is 2.47 bits per heavy atom. The third-order valence-electron chi connectivity index (χ3n) is 8.61. The van der Waals surface area contributed by atoms with Crippen LogP contribution in [0.1, 0.15) is 62.2 Å². The minimum Gasteiger partial charge on any atom is -0.393 e. The van der Waals surface area contributed by atoms with E-state index in [2.05, 4.69) is 52.7 Å². The van der Waals surface area contributed by atoms with Gasteiger partial charge in [0.2, 0.25) is 5.91 Å². The number of carbonyl (C=O) groups is 1. The third-order valence-corrected chi connectivity index (χ3v) is 8.61. The predicted octanol–water partition coefficient (Wildman–Crippen LogP) is 4.22. The van der Waals surface area contributed by atoms with Gasteiger partial charge < -0.3 is 15.2 Å². The molecule has 2 aromatic rings. The zero-order valence-electron chi connectivity index (χ0n) is 20.2. The van der Waals surface area contributed by atoms with Crippen LogP contribution in [0, 0.1) is 5.92 Å². The number of likely N-dealkylation sites (N-methyl/N-ethyl adjacent to an activating group) is 1. The first-order valence-electron chi connectivity index (χ1n) is 13.0. The lowest BCUT2D eigenvalue weighted by Gasteiger charge is -2.39. The Morgan fingerprint density at radius 1 is 1.06 bits per heavy atom. The molecule has 0 bridgehead atoms. The van der Waals surface area contributed by atoms with Crippen molar-refractivity contribution in [3.8, 4) is 0 Å². The van der Waals surface area contributed by atoms with Crippen molar-refractivity contribution in [1.82, 2.24) is 10.2 Å². The Hall–Kier alpha value is -2.21. The minimum atomic E-state index is -0.364. The molecule has 1 aliphatic carbocycles. The number of benzene rings is 2. The summed E-state index contributed by atoms with van der Waals surface area (Å²) >= 11 is 0. The molecule has 2 N–H and O–H groups in total. The molecule has 1 unspecified atom stereocenters. The highest BCUT2D eigenvalue weighted by Crippen LogP contribution is 2.46. The van der Waals surface area contributed by atoms with Crippen molar-refractivity contribution in [3.05, 3.63) is 71.8 Å². The Kier molecular flexibility index (Phi) is 7.05. The van der Waals surface area contributed by atoms with Crippen LogP contribution in [0.25, 0.3) is 0 Å². The van der Waals surface area contributed by atoms with Gasteiger partial charge in [-0.25, -0.2) is 0 Å². The molecule has 0 spiro atoms. The predicted molar refractivity (Wildman–Crippen MR) is 133 cm³/mol. The average molecular weight is 463 g/mol. The second-order valence-electron chi connectivity index (χ2n) is 10.6. The van der Waals surface area contributed by atoms with E-state index in [9.17, 15) is 9.90 Å². The van der Waals surface area contributed by atoms with E-state index >= 15 is 0 Å². The highest BCUT2D eigenvalue weighted by Gasteiger charge is 2.45. The molecule has 3 fully saturated rings. The minimum absolute atomic E-state index is 0.0158. The number of nitrogens with one attached hydrogen (secondary N) is 1. The molecule has 0 aromatic heterocycles. The molecule has 5 rings (SSSR count). The summed E-state index contributed by atoms with van der Waals surface area (Å²) in [4.78, 5) is 15.2. The van der Waals surface area contributed by atoms with Crippen LogP contribution in [-0.2, 0) is 14.9 Å². The zero-order valence-corrected chi connectivity index (χ0v) is 20.2. The van der Waals surface area contributed by atoms with Crippen molar-refractivity contribution in [2.24, 2.45) is 5.92 Å². The van der Waals surface area contributed by atoms with Crippen LogP contribution in [0.4, 0.5) is 0 Å². The topological polar surface area (TPSA) is 61.8 Å². The van der Waals surface area contributed by atoms with Gasteiger partial charge in [-0.15, -0.1) is 0 Å². The fourth-order valence-corrected chi connectivity index (χ4v) is 6.51. The SMILES string of the molecule is CN1CCCC1C(=O)NC[C@]1(c2ccccc2)CC[C@H]2[C@H](CC1)O[C@H](c1ccccc1)C[C@@H]2O. The lowest BCUT2D eigenvalue weighted by Crippen LogP contribution is -2.47. The van der Waals surface area contributed by atoms with Gasteiger partial charge in [-0.05, 0) is 63.2 Å². The van der Waals surface area contributed by atoms with E-state index in [1.807, 2.05) is 25.2 Å². The number of amides is 1. The van der Waals surface area contributed by atoms with Crippen molar-refractivity contribution >= 4 is 5.91 Å². The van der Waals surface area contributed by atoms with Gasteiger partial charge in [-0.1, -0.05) is 60.7 Å². The van der Waals surface area contributed by atoms with Gasteiger partial charge in [-0.2, -0.15) is 0 Å². The number of fused-ring (bicyclic) bond motifs is 1. The van der Waals surface area contributed by atoms with Crippen LogP contribution < -0.4 is 5.32 Å². The molecule has 2 aromatic carbocycles. The van der Waals surface area contributed by atoms with Crippen molar-refractivity contribution in [3.63, 3.8) is 0 Å². The van der Waals surface area contributed by atoms with Crippen LogP contribution >= 0.6 is 0 Å². The second kappa shape index (κ2) is 10.2. The molecule has 182 valence electrons. The maximum atomic E-state index is 13.0. The summed E-state index contributed by atoms with van der Waals surface area (Å²) in [5.41, 5.74) is 2.28. The van der Waals surface area contributed by atoms with Gasteiger partial charge in [0, 0.05) is 24.3 Å². The molecular formula is C29H38N2O3. The number of ether oxygens (including phenoxy) is 1. The number of hydrogen-bond donors (Lipinski definition) is 2. The van der Waals surface area contributed by atoms with E-state index in [0.29, 0.717) is 13.0 Å². The lowest BCUT2D eigenvalue weighted by atomic mass is 9.73. The molecular weight excluding hydrogens is 424 g/mol. The molecule has 34 heavy (non-hydrogen) atoms. The van der Waals surface area contributed by atoms with Crippen LogP contribution in [0.3, 0.4) is 0 Å². The molecule has 2 saturated heterocycles. The summed E-state index contributed by atoms with van der Waals surface area (Å²) in [6, 6.07) is 20.9. The first-order valence-corrected chi connectivity index (χ1v) is 13.0. The Bertz CT molecular complexity index is 952. The molecule has 6 atom stereocenters. The van der Waals surface area contributed by atoms with Gasteiger partial charge in [-0.3, -0.25) is 9.69 Å². The van der Waals surface area contributed by atoms with E-state index in [1.165, 1.54) is 5.56 Å². The number of hydrogen-bond acceptors (Lipinski definition) is 4. The van der Waals surface area contributed by atoms with E-state index in [4.69, 9.17) is 4.74 Å². The largest absolute Gasteiger partial charge is 0.393 e. The number of aliphatic hydroxyl groups excluding tert-OH is 1. The summed E-state index contributed by atoms with van der Waals surface area (Å²) in [6.07, 6.45) is 5.95. The highest BCUT2D eigenvalue weighted by molar-refractivity contribution is 5.82.